The lowest BCUT2D eigenvalue weighted by atomic mass is 10.0. The quantitative estimate of drug-likeness (QED) is 0.484. The molecule has 0 spiro atoms. The maximum atomic E-state index is 9.39. The molecule has 0 aliphatic carbocycles. The number of hydrogen-bond acceptors (Lipinski definition) is 1. The SMILES string of the molecule is CC#CCC(C)C(O)/C=C/C. The molecule has 0 bridgehead atoms. The Morgan fingerprint density at radius 3 is 2.64 bits per heavy atom. The van der Waals surface area contributed by atoms with Crippen LogP contribution in [-0.2, 0) is 0 Å². The Balaban J connectivity index is 3.78. The first-order valence-corrected chi connectivity index (χ1v) is 3.92. The maximum Gasteiger partial charge on any atom is 0.0755 e. The molecule has 11 heavy (non-hydrogen) atoms. The summed E-state index contributed by atoms with van der Waals surface area (Å²) in [6.45, 7) is 5.71. The fourth-order valence-corrected chi connectivity index (χ4v) is 0.771. The van der Waals surface area contributed by atoms with Gasteiger partial charge in [-0.25, -0.2) is 0 Å². The van der Waals surface area contributed by atoms with E-state index in [1.54, 1.807) is 6.08 Å². The van der Waals surface area contributed by atoms with Crippen LogP contribution in [0.5, 0.6) is 0 Å². The average molecular weight is 152 g/mol. The van der Waals surface area contributed by atoms with E-state index in [0.29, 0.717) is 0 Å². The van der Waals surface area contributed by atoms with Crippen molar-refractivity contribution in [1.82, 2.24) is 0 Å². The van der Waals surface area contributed by atoms with Crippen LogP contribution in [0.25, 0.3) is 0 Å². The van der Waals surface area contributed by atoms with Crippen LogP contribution in [0.3, 0.4) is 0 Å². The van der Waals surface area contributed by atoms with Crippen molar-refractivity contribution < 1.29 is 5.11 Å². The molecule has 62 valence electrons. The highest BCUT2D eigenvalue weighted by molar-refractivity contribution is 4.99. The minimum Gasteiger partial charge on any atom is -0.389 e. The highest BCUT2D eigenvalue weighted by Gasteiger charge is 2.07. The molecule has 0 saturated carbocycles. The summed E-state index contributed by atoms with van der Waals surface area (Å²) < 4.78 is 0. The lowest BCUT2D eigenvalue weighted by Gasteiger charge is -2.11. The zero-order valence-corrected chi connectivity index (χ0v) is 7.46. The summed E-state index contributed by atoms with van der Waals surface area (Å²) in [5.41, 5.74) is 0. The smallest absolute Gasteiger partial charge is 0.0755 e. The summed E-state index contributed by atoms with van der Waals surface area (Å²) in [5, 5.41) is 9.39. The summed E-state index contributed by atoms with van der Waals surface area (Å²) in [7, 11) is 0. The van der Waals surface area contributed by atoms with Gasteiger partial charge in [-0.1, -0.05) is 19.1 Å². The Kier molecular flexibility index (Phi) is 5.60. The molecule has 1 N–H and O–H groups in total. The van der Waals surface area contributed by atoms with Gasteiger partial charge in [0.25, 0.3) is 0 Å². The molecule has 0 aromatic heterocycles. The van der Waals surface area contributed by atoms with Crippen LogP contribution in [0.2, 0.25) is 0 Å². The third-order valence-corrected chi connectivity index (χ3v) is 1.57. The average Bonchev–Trinajstić information content (AvgIpc) is 2.00. The van der Waals surface area contributed by atoms with E-state index in [2.05, 4.69) is 11.8 Å². The van der Waals surface area contributed by atoms with Crippen LogP contribution in [0.15, 0.2) is 12.2 Å². The van der Waals surface area contributed by atoms with Crippen LogP contribution in [0.4, 0.5) is 0 Å². The normalized spacial score (nSPS) is 15.6. The molecule has 1 nitrogen and oxygen atoms in total. The Labute approximate surface area is 69.1 Å². The standard InChI is InChI=1S/C10H16O/c1-4-6-8-9(3)10(11)7-5-2/h5,7,9-11H,8H2,1-3H3/b7-5+. The van der Waals surface area contributed by atoms with E-state index in [1.165, 1.54) is 0 Å². The molecule has 0 rings (SSSR count). The van der Waals surface area contributed by atoms with E-state index >= 15 is 0 Å². The molecule has 2 atom stereocenters. The Morgan fingerprint density at radius 1 is 1.55 bits per heavy atom. The van der Waals surface area contributed by atoms with E-state index < -0.39 is 0 Å². The predicted octanol–water partition coefficient (Wildman–Crippen LogP) is 1.97. The molecular formula is C10H16O. The molecule has 0 heterocycles. The van der Waals surface area contributed by atoms with Gasteiger partial charge < -0.3 is 5.11 Å². The summed E-state index contributed by atoms with van der Waals surface area (Å²) in [4.78, 5) is 0. The first-order chi connectivity index (χ1) is 5.22. The van der Waals surface area contributed by atoms with E-state index in [4.69, 9.17) is 0 Å². The fourth-order valence-electron chi connectivity index (χ4n) is 0.771. The van der Waals surface area contributed by atoms with Crippen LogP contribution in [-0.4, -0.2) is 11.2 Å². The molecule has 0 aromatic rings. The molecule has 0 saturated heterocycles. The molecule has 0 radical (unpaired) electrons. The lowest BCUT2D eigenvalue weighted by molar-refractivity contribution is 0.165. The van der Waals surface area contributed by atoms with Crippen molar-refractivity contribution in [2.45, 2.75) is 33.3 Å². The van der Waals surface area contributed by atoms with Crippen molar-refractivity contribution in [2.24, 2.45) is 5.92 Å². The van der Waals surface area contributed by atoms with Gasteiger partial charge in [-0.05, 0) is 19.8 Å². The van der Waals surface area contributed by atoms with Gasteiger partial charge in [0.2, 0.25) is 0 Å². The summed E-state index contributed by atoms with van der Waals surface area (Å²) >= 11 is 0. The summed E-state index contributed by atoms with van der Waals surface area (Å²) in [6, 6.07) is 0. The minimum absolute atomic E-state index is 0.235. The maximum absolute atomic E-state index is 9.39. The molecular weight excluding hydrogens is 136 g/mol. The Bertz CT molecular complexity index is 171. The lowest BCUT2D eigenvalue weighted by Crippen LogP contribution is -2.13. The second-order valence-corrected chi connectivity index (χ2v) is 2.62. The van der Waals surface area contributed by atoms with Crippen LogP contribution in [0.1, 0.15) is 27.2 Å². The second-order valence-electron chi connectivity index (χ2n) is 2.62. The first-order valence-electron chi connectivity index (χ1n) is 3.92. The van der Waals surface area contributed by atoms with Gasteiger partial charge >= 0.3 is 0 Å². The number of hydrogen-bond donors (Lipinski definition) is 1. The highest BCUT2D eigenvalue weighted by Crippen LogP contribution is 2.07. The van der Waals surface area contributed by atoms with E-state index in [-0.39, 0.29) is 12.0 Å². The Morgan fingerprint density at radius 2 is 2.18 bits per heavy atom. The van der Waals surface area contributed by atoms with Crippen LogP contribution >= 0.6 is 0 Å². The zero-order valence-electron chi connectivity index (χ0n) is 7.46. The van der Waals surface area contributed by atoms with Gasteiger partial charge in [0.05, 0.1) is 6.10 Å². The number of rotatable bonds is 3. The number of aliphatic hydroxyl groups excluding tert-OH is 1. The molecule has 0 fully saturated rings. The molecule has 2 unspecified atom stereocenters. The van der Waals surface area contributed by atoms with Crippen molar-refractivity contribution in [3.8, 4) is 11.8 Å². The summed E-state index contributed by atoms with van der Waals surface area (Å²) in [6.07, 6.45) is 4.07. The largest absolute Gasteiger partial charge is 0.389 e. The third-order valence-electron chi connectivity index (χ3n) is 1.57. The Hall–Kier alpha value is -0.740. The van der Waals surface area contributed by atoms with E-state index in [9.17, 15) is 5.11 Å². The van der Waals surface area contributed by atoms with Gasteiger partial charge in [-0.3, -0.25) is 0 Å². The highest BCUT2D eigenvalue weighted by atomic mass is 16.3. The van der Waals surface area contributed by atoms with Crippen LogP contribution in [0, 0.1) is 17.8 Å². The monoisotopic (exact) mass is 152 g/mol. The van der Waals surface area contributed by atoms with Crippen molar-refractivity contribution >= 4 is 0 Å². The molecule has 0 aliphatic heterocycles. The topological polar surface area (TPSA) is 20.2 Å². The van der Waals surface area contributed by atoms with Gasteiger partial charge in [0.15, 0.2) is 0 Å². The van der Waals surface area contributed by atoms with Crippen molar-refractivity contribution in [1.29, 1.82) is 0 Å². The molecule has 0 aliphatic rings. The van der Waals surface area contributed by atoms with Crippen molar-refractivity contribution in [3.05, 3.63) is 12.2 Å². The molecule has 0 amide bonds. The van der Waals surface area contributed by atoms with E-state index in [1.807, 2.05) is 26.8 Å². The minimum atomic E-state index is -0.346. The number of aliphatic hydroxyl groups is 1. The van der Waals surface area contributed by atoms with Gasteiger partial charge in [0.1, 0.15) is 0 Å². The van der Waals surface area contributed by atoms with E-state index in [0.717, 1.165) is 6.42 Å². The van der Waals surface area contributed by atoms with Gasteiger partial charge in [-0.15, -0.1) is 11.8 Å². The number of allylic oxidation sites excluding steroid dienone is 1. The predicted molar refractivity (Wildman–Crippen MR) is 48.1 cm³/mol. The fraction of sp³-hybridized carbons (Fsp3) is 0.600. The summed E-state index contributed by atoms with van der Waals surface area (Å²) in [5.74, 6) is 5.99. The zero-order chi connectivity index (χ0) is 8.69. The van der Waals surface area contributed by atoms with Crippen molar-refractivity contribution in [2.75, 3.05) is 0 Å². The first kappa shape index (κ1) is 10.3. The van der Waals surface area contributed by atoms with Gasteiger partial charge in [0, 0.05) is 6.42 Å². The van der Waals surface area contributed by atoms with Crippen LogP contribution < -0.4 is 0 Å². The van der Waals surface area contributed by atoms with Crippen molar-refractivity contribution in [3.63, 3.8) is 0 Å². The molecule has 0 aromatic carbocycles. The third kappa shape index (κ3) is 4.64. The molecule has 1 heteroatoms. The second kappa shape index (κ2) is 6.00. The van der Waals surface area contributed by atoms with Gasteiger partial charge in [-0.2, -0.15) is 0 Å².